The quantitative estimate of drug-likeness (QED) is 0.848. The summed E-state index contributed by atoms with van der Waals surface area (Å²) in [6, 6.07) is 12.9. The van der Waals surface area contributed by atoms with Crippen molar-refractivity contribution in [3.05, 3.63) is 59.7 Å². The van der Waals surface area contributed by atoms with Crippen LogP contribution in [0, 0.1) is 0 Å². The molecule has 0 unspecified atom stereocenters. The van der Waals surface area contributed by atoms with E-state index in [0.29, 0.717) is 11.1 Å². The van der Waals surface area contributed by atoms with Crippen molar-refractivity contribution >= 4 is 5.97 Å². The Kier molecular flexibility index (Phi) is 4.17. The van der Waals surface area contributed by atoms with Gasteiger partial charge in [-0.05, 0) is 49.2 Å². The Labute approximate surface area is 123 Å². The zero-order valence-corrected chi connectivity index (χ0v) is 12.0. The number of rotatable bonds is 4. The molecule has 0 amide bonds. The molecule has 2 rings (SSSR count). The third-order valence-corrected chi connectivity index (χ3v) is 3.57. The number of phenols is 2. The third kappa shape index (κ3) is 2.84. The van der Waals surface area contributed by atoms with Gasteiger partial charge >= 0.3 is 5.97 Å². The summed E-state index contributed by atoms with van der Waals surface area (Å²) in [7, 11) is 0. The van der Waals surface area contributed by atoms with Gasteiger partial charge in [-0.3, -0.25) is 4.79 Å². The predicted octanol–water partition coefficient (Wildman–Crippen LogP) is 2.97. The lowest BCUT2D eigenvalue weighted by Crippen LogP contribution is -2.35. The van der Waals surface area contributed by atoms with Crippen molar-refractivity contribution in [1.82, 2.24) is 0 Å². The van der Waals surface area contributed by atoms with Crippen LogP contribution in [0.3, 0.4) is 0 Å². The summed E-state index contributed by atoms with van der Waals surface area (Å²) in [5.74, 6) is -0.104. The number of ether oxygens (including phenoxy) is 1. The maximum Gasteiger partial charge on any atom is 0.320 e. The van der Waals surface area contributed by atoms with Crippen LogP contribution in [0.4, 0.5) is 0 Å². The number of phenolic OH excluding ortho intramolecular Hbond substituents is 2. The molecule has 2 aromatic rings. The van der Waals surface area contributed by atoms with Crippen LogP contribution in [0.1, 0.15) is 25.0 Å². The molecule has 4 nitrogen and oxygen atoms in total. The molecule has 110 valence electrons. The highest BCUT2D eigenvalue weighted by molar-refractivity contribution is 5.87. The molecule has 0 heterocycles. The van der Waals surface area contributed by atoms with E-state index in [-0.39, 0.29) is 24.1 Å². The summed E-state index contributed by atoms with van der Waals surface area (Å²) >= 11 is 0. The molecule has 0 spiro atoms. The van der Waals surface area contributed by atoms with E-state index in [1.165, 1.54) is 24.3 Å². The Hall–Kier alpha value is -2.49. The van der Waals surface area contributed by atoms with E-state index < -0.39 is 5.41 Å². The SMILES string of the molecule is CCOC(=O)C(C)(c1ccc(O)cc1)c1ccc(O)cc1. The number of esters is 1. The monoisotopic (exact) mass is 286 g/mol. The van der Waals surface area contributed by atoms with Crippen molar-refractivity contribution in [1.29, 1.82) is 0 Å². The molecule has 2 aromatic carbocycles. The summed E-state index contributed by atoms with van der Waals surface area (Å²) < 4.78 is 5.21. The summed E-state index contributed by atoms with van der Waals surface area (Å²) in [4.78, 5) is 12.5. The number of hydrogen-bond donors (Lipinski definition) is 2. The summed E-state index contributed by atoms with van der Waals surface area (Å²) in [6.45, 7) is 3.81. The van der Waals surface area contributed by atoms with Crippen molar-refractivity contribution < 1.29 is 19.7 Å². The standard InChI is InChI=1S/C17H18O4/c1-3-21-16(20)17(2,12-4-8-14(18)9-5-12)13-6-10-15(19)11-7-13/h4-11,18-19H,3H2,1-2H3. The van der Waals surface area contributed by atoms with Gasteiger partial charge in [-0.1, -0.05) is 24.3 Å². The minimum Gasteiger partial charge on any atom is -0.508 e. The molecule has 0 aromatic heterocycles. The summed E-state index contributed by atoms with van der Waals surface area (Å²) in [6.07, 6.45) is 0. The first kappa shape index (κ1) is 14.9. The molecule has 0 saturated carbocycles. The lowest BCUT2D eigenvalue weighted by molar-refractivity contribution is -0.147. The van der Waals surface area contributed by atoms with E-state index in [4.69, 9.17) is 4.74 Å². The normalized spacial score (nSPS) is 11.1. The van der Waals surface area contributed by atoms with Crippen molar-refractivity contribution in [2.75, 3.05) is 6.61 Å². The number of hydrogen-bond acceptors (Lipinski definition) is 4. The molecule has 0 aliphatic rings. The Morgan fingerprint density at radius 2 is 1.33 bits per heavy atom. The van der Waals surface area contributed by atoms with Crippen molar-refractivity contribution in [2.45, 2.75) is 19.3 Å². The van der Waals surface area contributed by atoms with Gasteiger partial charge in [-0.2, -0.15) is 0 Å². The van der Waals surface area contributed by atoms with Crippen LogP contribution < -0.4 is 0 Å². The first-order valence-corrected chi connectivity index (χ1v) is 6.74. The van der Waals surface area contributed by atoms with E-state index in [9.17, 15) is 15.0 Å². The average molecular weight is 286 g/mol. The lowest BCUT2D eigenvalue weighted by atomic mass is 9.76. The topological polar surface area (TPSA) is 66.8 Å². The van der Waals surface area contributed by atoms with Crippen molar-refractivity contribution in [2.24, 2.45) is 0 Å². The fraction of sp³-hybridized carbons (Fsp3) is 0.235. The number of carbonyl (C=O) groups is 1. The predicted molar refractivity (Wildman–Crippen MR) is 79.3 cm³/mol. The lowest BCUT2D eigenvalue weighted by Gasteiger charge is -2.28. The molecule has 2 N–H and O–H groups in total. The van der Waals surface area contributed by atoms with Gasteiger partial charge in [0, 0.05) is 0 Å². The van der Waals surface area contributed by atoms with Crippen molar-refractivity contribution in [3.8, 4) is 11.5 Å². The Balaban J connectivity index is 2.55. The first-order chi connectivity index (χ1) is 9.98. The summed E-state index contributed by atoms with van der Waals surface area (Å²) in [5, 5.41) is 18.8. The number of carbonyl (C=O) groups excluding carboxylic acids is 1. The molecule has 0 radical (unpaired) electrons. The molecule has 0 saturated heterocycles. The fourth-order valence-corrected chi connectivity index (χ4v) is 2.27. The van der Waals surface area contributed by atoms with Gasteiger partial charge in [0.2, 0.25) is 0 Å². The molecule has 0 bridgehead atoms. The van der Waals surface area contributed by atoms with Crippen LogP contribution in [0.25, 0.3) is 0 Å². The van der Waals surface area contributed by atoms with Gasteiger partial charge in [0.1, 0.15) is 16.9 Å². The van der Waals surface area contributed by atoms with Gasteiger partial charge < -0.3 is 14.9 Å². The first-order valence-electron chi connectivity index (χ1n) is 6.74. The molecule has 4 heteroatoms. The van der Waals surface area contributed by atoms with Gasteiger partial charge in [-0.25, -0.2) is 0 Å². The molecular weight excluding hydrogens is 268 g/mol. The van der Waals surface area contributed by atoms with Crippen LogP contribution in [0.2, 0.25) is 0 Å². The Bertz CT molecular complexity index is 569. The third-order valence-electron chi connectivity index (χ3n) is 3.57. The fourth-order valence-electron chi connectivity index (χ4n) is 2.27. The Morgan fingerprint density at radius 3 is 1.67 bits per heavy atom. The molecule has 0 atom stereocenters. The molecule has 0 aliphatic heterocycles. The van der Waals surface area contributed by atoms with Crippen LogP contribution in [-0.4, -0.2) is 22.8 Å². The number of aromatic hydroxyl groups is 2. The highest BCUT2D eigenvalue weighted by Crippen LogP contribution is 2.35. The van der Waals surface area contributed by atoms with Crippen LogP contribution >= 0.6 is 0 Å². The van der Waals surface area contributed by atoms with Gasteiger partial charge in [0.25, 0.3) is 0 Å². The van der Waals surface area contributed by atoms with E-state index in [1.807, 2.05) is 0 Å². The average Bonchev–Trinajstić information content (AvgIpc) is 2.48. The zero-order valence-electron chi connectivity index (χ0n) is 12.0. The van der Waals surface area contributed by atoms with Crippen molar-refractivity contribution in [3.63, 3.8) is 0 Å². The maximum absolute atomic E-state index is 12.5. The summed E-state index contributed by atoms with van der Waals surface area (Å²) in [5.41, 5.74) is 0.422. The molecule has 0 aliphatic carbocycles. The molecule has 21 heavy (non-hydrogen) atoms. The number of benzene rings is 2. The van der Waals surface area contributed by atoms with Crippen LogP contribution in [0.5, 0.6) is 11.5 Å². The maximum atomic E-state index is 12.5. The second-order valence-corrected chi connectivity index (χ2v) is 4.94. The van der Waals surface area contributed by atoms with E-state index >= 15 is 0 Å². The second-order valence-electron chi connectivity index (χ2n) is 4.94. The van der Waals surface area contributed by atoms with E-state index in [2.05, 4.69) is 0 Å². The van der Waals surface area contributed by atoms with E-state index in [0.717, 1.165) is 0 Å². The van der Waals surface area contributed by atoms with Gasteiger partial charge in [-0.15, -0.1) is 0 Å². The largest absolute Gasteiger partial charge is 0.508 e. The Morgan fingerprint density at radius 1 is 0.952 bits per heavy atom. The van der Waals surface area contributed by atoms with Crippen LogP contribution in [0.15, 0.2) is 48.5 Å². The second kappa shape index (κ2) is 5.87. The van der Waals surface area contributed by atoms with Crippen LogP contribution in [-0.2, 0) is 14.9 Å². The van der Waals surface area contributed by atoms with Gasteiger partial charge in [0.15, 0.2) is 0 Å². The highest BCUT2D eigenvalue weighted by Gasteiger charge is 2.38. The van der Waals surface area contributed by atoms with Gasteiger partial charge in [0.05, 0.1) is 6.61 Å². The van der Waals surface area contributed by atoms with E-state index in [1.54, 1.807) is 38.1 Å². The zero-order chi connectivity index (χ0) is 15.5. The minimum absolute atomic E-state index is 0.135. The minimum atomic E-state index is -1.00. The molecule has 0 fully saturated rings. The smallest absolute Gasteiger partial charge is 0.320 e. The molecular formula is C17H18O4. The highest BCUT2D eigenvalue weighted by atomic mass is 16.5.